The lowest BCUT2D eigenvalue weighted by Gasteiger charge is -2.05. The maximum Gasteiger partial charge on any atom is 0.0860 e. The van der Waals surface area contributed by atoms with E-state index in [0.717, 1.165) is 6.42 Å². The van der Waals surface area contributed by atoms with Crippen LogP contribution in [0.15, 0.2) is 0 Å². The molecule has 1 N–H and O–H groups in total. The quantitative estimate of drug-likeness (QED) is 0.566. The fourth-order valence-corrected chi connectivity index (χ4v) is 1.21. The van der Waals surface area contributed by atoms with Gasteiger partial charge in [0, 0.05) is 0 Å². The zero-order chi connectivity index (χ0) is 7.12. The molecule has 2 heteroatoms. The van der Waals surface area contributed by atoms with Crippen molar-refractivity contribution < 1.29 is 5.11 Å². The van der Waals surface area contributed by atoms with E-state index in [1.165, 1.54) is 0 Å². The number of aliphatic hydroxyl groups is 1. The highest BCUT2D eigenvalue weighted by molar-refractivity contribution is 5.21. The summed E-state index contributed by atoms with van der Waals surface area (Å²) in [4.78, 5) is 0. The van der Waals surface area contributed by atoms with E-state index in [1.807, 2.05) is 13.8 Å². The molecule has 0 aliphatic heterocycles. The second kappa shape index (κ2) is 1.48. The minimum absolute atomic E-state index is 0.0104. The van der Waals surface area contributed by atoms with Crippen LogP contribution in [0.1, 0.15) is 20.3 Å². The predicted octanol–water partition coefficient (Wildman–Crippen LogP) is 0.919. The van der Waals surface area contributed by atoms with E-state index >= 15 is 0 Å². The normalized spacial score (nSPS) is 37.6. The number of nitrogens with zero attached hydrogens (tertiary/aromatic N) is 1. The lowest BCUT2D eigenvalue weighted by Crippen LogP contribution is -2.10. The molecule has 1 unspecified atom stereocenters. The van der Waals surface area contributed by atoms with E-state index in [9.17, 15) is 0 Å². The molecular formula is C7H11NO. The molecule has 1 aliphatic rings. The first-order valence-electron chi connectivity index (χ1n) is 3.10. The summed E-state index contributed by atoms with van der Waals surface area (Å²) in [6.45, 7) is 4.02. The van der Waals surface area contributed by atoms with Gasteiger partial charge < -0.3 is 5.11 Å². The van der Waals surface area contributed by atoms with Gasteiger partial charge in [-0.1, -0.05) is 13.8 Å². The van der Waals surface area contributed by atoms with E-state index in [-0.39, 0.29) is 12.0 Å². The van der Waals surface area contributed by atoms with Gasteiger partial charge in [0.05, 0.1) is 18.1 Å². The van der Waals surface area contributed by atoms with Crippen LogP contribution in [0.3, 0.4) is 0 Å². The summed E-state index contributed by atoms with van der Waals surface area (Å²) >= 11 is 0. The van der Waals surface area contributed by atoms with Crippen molar-refractivity contribution in [3.8, 4) is 6.07 Å². The highest BCUT2D eigenvalue weighted by Gasteiger charge is 2.61. The van der Waals surface area contributed by atoms with Crippen molar-refractivity contribution in [1.29, 1.82) is 5.26 Å². The topological polar surface area (TPSA) is 44.0 Å². The Morgan fingerprint density at radius 2 is 2.11 bits per heavy atom. The molecule has 1 saturated carbocycles. The number of rotatable bonds is 1. The summed E-state index contributed by atoms with van der Waals surface area (Å²) in [6, 6.07) is 2.14. The second-order valence-electron chi connectivity index (χ2n) is 3.41. The van der Waals surface area contributed by atoms with Crippen LogP contribution < -0.4 is 0 Å². The molecular weight excluding hydrogens is 114 g/mol. The minimum Gasteiger partial charge on any atom is -0.395 e. The van der Waals surface area contributed by atoms with Gasteiger partial charge in [-0.3, -0.25) is 0 Å². The van der Waals surface area contributed by atoms with E-state index in [2.05, 4.69) is 6.07 Å². The summed E-state index contributed by atoms with van der Waals surface area (Å²) in [7, 11) is 0. The highest BCUT2D eigenvalue weighted by atomic mass is 16.3. The summed E-state index contributed by atoms with van der Waals surface area (Å²) in [5.74, 6) is 0. The fourth-order valence-electron chi connectivity index (χ4n) is 1.21. The highest BCUT2D eigenvalue weighted by Crippen LogP contribution is 2.62. The van der Waals surface area contributed by atoms with Crippen molar-refractivity contribution in [2.75, 3.05) is 6.61 Å². The molecule has 9 heavy (non-hydrogen) atoms. The molecule has 0 amide bonds. The molecule has 0 radical (unpaired) electrons. The first-order valence-corrected chi connectivity index (χ1v) is 3.10. The van der Waals surface area contributed by atoms with Gasteiger partial charge in [0.2, 0.25) is 0 Å². The Labute approximate surface area is 55.1 Å². The third kappa shape index (κ3) is 0.650. The maximum atomic E-state index is 8.77. The van der Waals surface area contributed by atoms with E-state index < -0.39 is 5.41 Å². The minimum atomic E-state index is -0.410. The molecule has 1 rings (SSSR count). The van der Waals surface area contributed by atoms with Crippen molar-refractivity contribution in [2.24, 2.45) is 10.8 Å². The van der Waals surface area contributed by atoms with Crippen molar-refractivity contribution in [2.45, 2.75) is 20.3 Å². The van der Waals surface area contributed by atoms with Crippen LogP contribution in [0.4, 0.5) is 0 Å². The van der Waals surface area contributed by atoms with Crippen LogP contribution in [0.25, 0.3) is 0 Å². The summed E-state index contributed by atoms with van der Waals surface area (Å²) < 4.78 is 0. The summed E-state index contributed by atoms with van der Waals surface area (Å²) in [6.07, 6.45) is 0.840. The van der Waals surface area contributed by atoms with Crippen LogP contribution >= 0.6 is 0 Å². The molecule has 0 bridgehead atoms. The Balaban J connectivity index is 2.72. The van der Waals surface area contributed by atoms with Gasteiger partial charge in [0.15, 0.2) is 0 Å². The smallest absolute Gasteiger partial charge is 0.0860 e. The van der Waals surface area contributed by atoms with Crippen LogP contribution in [0.2, 0.25) is 0 Å². The molecule has 1 fully saturated rings. The SMILES string of the molecule is CC1(C)CC1(C#N)CO. The lowest BCUT2D eigenvalue weighted by molar-refractivity contribution is 0.220. The van der Waals surface area contributed by atoms with Crippen LogP contribution in [0.5, 0.6) is 0 Å². The van der Waals surface area contributed by atoms with Crippen molar-refractivity contribution >= 4 is 0 Å². The zero-order valence-electron chi connectivity index (χ0n) is 5.81. The van der Waals surface area contributed by atoms with E-state index in [0.29, 0.717) is 0 Å². The lowest BCUT2D eigenvalue weighted by atomic mass is 9.99. The number of hydrogen-bond acceptors (Lipinski definition) is 2. The molecule has 0 saturated heterocycles. The van der Waals surface area contributed by atoms with Crippen LogP contribution in [0, 0.1) is 22.2 Å². The Morgan fingerprint density at radius 3 is 2.11 bits per heavy atom. The molecule has 1 aliphatic carbocycles. The fraction of sp³-hybridized carbons (Fsp3) is 0.857. The molecule has 1 atom stereocenters. The van der Waals surface area contributed by atoms with Gasteiger partial charge in [0.1, 0.15) is 0 Å². The molecule has 0 heterocycles. The predicted molar refractivity (Wildman–Crippen MR) is 33.5 cm³/mol. The Kier molecular flexibility index (Phi) is 1.08. The number of hydrogen-bond donors (Lipinski definition) is 1. The summed E-state index contributed by atoms with van der Waals surface area (Å²) in [5, 5.41) is 17.4. The van der Waals surface area contributed by atoms with Crippen LogP contribution in [-0.2, 0) is 0 Å². The number of nitriles is 1. The molecule has 0 spiro atoms. The zero-order valence-corrected chi connectivity index (χ0v) is 5.81. The van der Waals surface area contributed by atoms with Crippen molar-refractivity contribution in [3.05, 3.63) is 0 Å². The maximum absolute atomic E-state index is 8.77. The Morgan fingerprint density at radius 1 is 1.67 bits per heavy atom. The van der Waals surface area contributed by atoms with Crippen molar-refractivity contribution in [3.63, 3.8) is 0 Å². The van der Waals surface area contributed by atoms with Crippen molar-refractivity contribution in [1.82, 2.24) is 0 Å². The standard InChI is InChI=1S/C7H11NO/c1-6(2)3-7(6,4-8)5-9/h9H,3,5H2,1-2H3. The molecule has 0 aromatic carbocycles. The molecule has 0 aromatic heterocycles. The average molecular weight is 125 g/mol. The molecule has 0 aromatic rings. The third-order valence-corrected chi connectivity index (χ3v) is 2.40. The van der Waals surface area contributed by atoms with Gasteiger partial charge in [-0.05, 0) is 11.8 Å². The molecule has 50 valence electrons. The number of aliphatic hydroxyl groups excluding tert-OH is 1. The monoisotopic (exact) mass is 125 g/mol. The van der Waals surface area contributed by atoms with Gasteiger partial charge in [0.25, 0.3) is 0 Å². The Bertz CT molecular complexity index is 168. The Hall–Kier alpha value is -0.550. The first kappa shape index (κ1) is 6.57. The largest absolute Gasteiger partial charge is 0.395 e. The van der Waals surface area contributed by atoms with Gasteiger partial charge >= 0.3 is 0 Å². The second-order valence-corrected chi connectivity index (χ2v) is 3.41. The van der Waals surface area contributed by atoms with Gasteiger partial charge in [-0.2, -0.15) is 5.26 Å². The van der Waals surface area contributed by atoms with Gasteiger partial charge in [-0.25, -0.2) is 0 Å². The third-order valence-electron chi connectivity index (χ3n) is 2.40. The first-order chi connectivity index (χ1) is 4.08. The van der Waals surface area contributed by atoms with Gasteiger partial charge in [-0.15, -0.1) is 0 Å². The average Bonchev–Trinajstić information content (AvgIpc) is 2.35. The van der Waals surface area contributed by atoms with Crippen LogP contribution in [-0.4, -0.2) is 11.7 Å². The molecule has 2 nitrogen and oxygen atoms in total. The summed E-state index contributed by atoms with van der Waals surface area (Å²) in [5.41, 5.74) is -0.358. The van der Waals surface area contributed by atoms with E-state index in [4.69, 9.17) is 10.4 Å². The van der Waals surface area contributed by atoms with E-state index in [1.54, 1.807) is 0 Å².